The number of hydrogen-bond donors (Lipinski definition) is 1. The Morgan fingerprint density at radius 3 is 2.32 bits per heavy atom. The Balaban J connectivity index is 1.67. The number of benzene rings is 1. The van der Waals surface area contributed by atoms with Gasteiger partial charge < -0.3 is 10.2 Å². The number of likely N-dealkylation sites (N-methyl/N-ethyl adjacent to an activating group) is 1. The number of para-hydroxylation sites is 2. The Hall–Kier alpha value is -2.61. The van der Waals surface area contributed by atoms with Gasteiger partial charge in [0, 0.05) is 40.3 Å². The molecule has 25 heavy (non-hydrogen) atoms. The van der Waals surface area contributed by atoms with Crippen molar-refractivity contribution in [2.45, 2.75) is 6.54 Å². The minimum absolute atomic E-state index is 0.0258. The Labute approximate surface area is 145 Å². The molecule has 1 aliphatic rings. The average molecular weight is 345 g/mol. The molecule has 0 bridgehead atoms. The monoisotopic (exact) mass is 345 g/mol. The maximum Gasteiger partial charge on any atom is 0.329 e. The number of carbonyl (C=O) groups excluding carboxylic acids is 2. The molecular formula is C17H23N5O3. The zero-order chi connectivity index (χ0) is 18.0. The average Bonchev–Trinajstić information content (AvgIpc) is 2.87. The van der Waals surface area contributed by atoms with Gasteiger partial charge in [-0.25, -0.2) is 4.79 Å². The molecule has 0 unspecified atom stereocenters. The molecule has 134 valence electrons. The second-order valence-corrected chi connectivity index (χ2v) is 6.25. The lowest BCUT2D eigenvalue weighted by molar-refractivity contribution is -0.133. The summed E-state index contributed by atoms with van der Waals surface area (Å²) in [4.78, 5) is 40.2. The Morgan fingerprint density at radius 1 is 1.04 bits per heavy atom. The lowest BCUT2D eigenvalue weighted by Gasteiger charge is -2.34. The van der Waals surface area contributed by atoms with Gasteiger partial charge in [0.2, 0.25) is 11.8 Å². The van der Waals surface area contributed by atoms with Crippen LogP contribution >= 0.6 is 0 Å². The highest BCUT2D eigenvalue weighted by Gasteiger charge is 2.23. The molecule has 1 fully saturated rings. The first-order valence-corrected chi connectivity index (χ1v) is 8.36. The second-order valence-electron chi connectivity index (χ2n) is 6.25. The van der Waals surface area contributed by atoms with Crippen molar-refractivity contribution in [1.29, 1.82) is 0 Å². The maximum atomic E-state index is 12.6. The number of rotatable bonds is 4. The first-order chi connectivity index (χ1) is 12.0. The highest BCUT2D eigenvalue weighted by atomic mass is 16.2. The number of amides is 2. The summed E-state index contributed by atoms with van der Waals surface area (Å²) in [6, 6.07) is 7.46. The van der Waals surface area contributed by atoms with Gasteiger partial charge in [-0.15, -0.1) is 0 Å². The summed E-state index contributed by atoms with van der Waals surface area (Å²) in [6.07, 6.45) is 0. The number of aromatic nitrogens is 2. The zero-order valence-corrected chi connectivity index (χ0v) is 14.6. The third-order valence-electron chi connectivity index (χ3n) is 4.72. The van der Waals surface area contributed by atoms with Crippen LogP contribution in [0.25, 0.3) is 11.0 Å². The number of carbonyl (C=O) groups is 2. The maximum absolute atomic E-state index is 12.6. The summed E-state index contributed by atoms with van der Waals surface area (Å²) in [5, 5.41) is 2.60. The van der Waals surface area contributed by atoms with Crippen molar-refractivity contribution in [2.24, 2.45) is 7.05 Å². The van der Waals surface area contributed by atoms with Crippen LogP contribution < -0.4 is 11.0 Å². The minimum atomic E-state index is -0.187. The van der Waals surface area contributed by atoms with E-state index in [1.54, 1.807) is 23.6 Å². The fourth-order valence-corrected chi connectivity index (χ4v) is 3.19. The van der Waals surface area contributed by atoms with Crippen LogP contribution in [-0.4, -0.2) is 70.5 Å². The smallest absolute Gasteiger partial charge is 0.329 e. The summed E-state index contributed by atoms with van der Waals surface area (Å²) in [5.41, 5.74) is 1.39. The molecule has 1 saturated heterocycles. The van der Waals surface area contributed by atoms with Gasteiger partial charge in [0.15, 0.2) is 0 Å². The molecule has 8 heteroatoms. The number of nitrogens with one attached hydrogen (secondary N) is 1. The van der Waals surface area contributed by atoms with Gasteiger partial charge in [0.1, 0.15) is 6.54 Å². The molecule has 0 aliphatic carbocycles. The van der Waals surface area contributed by atoms with Crippen molar-refractivity contribution >= 4 is 22.8 Å². The molecule has 0 radical (unpaired) electrons. The predicted octanol–water partition coefficient (Wildman–Crippen LogP) is -0.770. The van der Waals surface area contributed by atoms with Crippen LogP contribution in [0.1, 0.15) is 0 Å². The number of hydrogen-bond acceptors (Lipinski definition) is 4. The molecule has 0 saturated carbocycles. The third kappa shape index (κ3) is 3.43. The van der Waals surface area contributed by atoms with Crippen LogP contribution in [0.4, 0.5) is 0 Å². The lowest BCUT2D eigenvalue weighted by atomic mass is 10.3. The van der Waals surface area contributed by atoms with Crippen molar-refractivity contribution in [3.05, 3.63) is 34.7 Å². The van der Waals surface area contributed by atoms with E-state index in [0.717, 1.165) is 11.0 Å². The van der Waals surface area contributed by atoms with Crippen LogP contribution in [0.3, 0.4) is 0 Å². The topological polar surface area (TPSA) is 79.6 Å². The standard InChI is InChI=1S/C17H23N5O3/c1-18-15(23)11-20-7-9-21(10-8-20)16(24)12-22-14-6-4-3-5-13(14)19(2)17(22)25/h3-6H,7-12H2,1-2H3,(H,18,23). The molecule has 2 amide bonds. The first kappa shape index (κ1) is 17.2. The lowest BCUT2D eigenvalue weighted by Crippen LogP contribution is -2.51. The van der Waals surface area contributed by atoms with E-state index in [2.05, 4.69) is 5.32 Å². The van der Waals surface area contributed by atoms with Gasteiger partial charge in [0.05, 0.1) is 17.6 Å². The molecule has 2 aromatic rings. The third-order valence-corrected chi connectivity index (χ3v) is 4.72. The van der Waals surface area contributed by atoms with Gasteiger partial charge in [-0.3, -0.25) is 23.6 Å². The Morgan fingerprint density at radius 2 is 1.68 bits per heavy atom. The van der Waals surface area contributed by atoms with E-state index >= 15 is 0 Å². The molecule has 0 spiro atoms. The van der Waals surface area contributed by atoms with E-state index in [4.69, 9.17) is 0 Å². The number of nitrogens with zero attached hydrogens (tertiary/aromatic N) is 4. The molecule has 8 nitrogen and oxygen atoms in total. The van der Waals surface area contributed by atoms with Gasteiger partial charge >= 0.3 is 5.69 Å². The van der Waals surface area contributed by atoms with Crippen LogP contribution in [0.2, 0.25) is 0 Å². The largest absolute Gasteiger partial charge is 0.358 e. The predicted molar refractivity (Wildman–Crippen MR) is 94.3 cm³/mol. The van der Waals surface area contributed by atoms with E-state index in [1.165, 1.54) is 4.57 Å². The zero-order valence-electron chi connectivity index (χ0n) is 14.6. The van der Waals surface area contributed by atoms with Crippen LogP contribution in [0, 0.1) is 0 Å². The van der Waals surface area contributed by atoms with E-state index in [-0.39, 0.29) is 24.0 Å². The summed E-state index contributed by atoms with van der Waals surface area (Å²) in [5.74, 6) is -0.0971. The van der Waals surface area contributed by atoms with E-state index < -0.39 is 0 Å². The van der Waals surface area contributed by atoms with Crippen molar-refractivity contribution < 1.29 is 9.59 Å². The number of imidazole rings is 1. The summed E-state index contributed by atoms with van der Waals surface area (Å²) in [7, 11) is 3.33. The number of piperazine rings is 1. The van der Waals surface area contributed by atoms with Gasteiger partial charge in [-0.2, -0.15) is 0 Å². The molecular weight excluding hydrogens is 322 g/mol. The fraction of sp³-hybridized carbons (Fsp3) is 0.471. The van der Waals surface area contributed by atoms with Gasteiger partial charge in [-0.05, 0) is 12.1 Å². The molecule has 1 aromatic heterocycles. The van der Waals surface area contributed by atoms with Crippen LogP contribution in [-0.2, 0) is 23.2 Å². The van der Waals surface area contributed by atoms with Gasteiger partial charge in [0.25, 0.3) is 0 Å². The fourth-order valence-electron chi connectivity index (χ4n) is 3.19. The number of fused-ring (bicyclic) bond motifs is 1. The highest BCUT2D eigenvalue weighted by molar-refractivity contribution is 5.81. The van der Waals surface area contributed by atoms with Crippen molar-refractivity contribution in [1.82, 2.24) is 24.3 Å². The summed E-state index contributed by atoms with van der Waals surface area (Å²) >= 11 is 0. The molecule has 1 aliphatic heterocycles. The highest BCUT2D eigenvalue weighted by Crippen LogP contribution is 2.12. The molecule has 3 rings (SSSR count). The van der Waals surface area contributed by atoms with Crippen LogP contribution in [0.5, 0.6) is 0 Å². The first-order valence-electron chi connectivity index (χ1n) is 8.36. The molecule has 0 atom stereocenters. The summed E-state index contributed by atoms with van der Waals surface area (Å²) in [6.45, 7) is 2.83. The molecule has 1 N–H and O–H groups in total. The van der Waals surface area contributed by atoms with E-state index in [1.807, 2.05) is 29.2 Å². The van der Waals surface area contributed by atoms with Crippen LogP contribution in [0.15, 0.2) is 29.1 Å². The van der Waals surface area contributed by atoms with Crippen molar-refractivity contribution in [3.63, 3.8) is 0 Å². The molecule has 2 heterocycles. The minimum Gasteiger partial charge on any atom is -0.358 e. The van der Waals surface area contributed by atoms with E-state index in [0.29, 0.717) is 32.7 Å². The van der Waals surface area contributed by atoms with Gasteiger partial charge in [-0.1, -0.05) is 12.1 Å². The SMILES string of the molecule is CNC(=O)CN1CCN(C(=O)Cn2c(=O)n(C)c3ccccc32)CC1. The van der Waals surface area contributed by atoms with Crippen molar-refractivity contribution in [2.75, 3.05) is 39.8 Å². The molecule has 1 aromatic carbocycles. The normalized spacial score (nSPS) is 15.5. The van der Waals surface area contributed by atoms with E-state index in [9.17, 15) is 14.4 Å². The quantitative estimate of drug-likeness (QED) is 0.789. The Kier molecular flexibility index (Phi) is 4.89. The van der Waals surface area contributed by atoms with Crippen molar-refractivity contribution in [3.8, 4) is 0 Å². The summed E-state index contributed by atoms with van der Waals surface area (Å²) < 4.78 is 3.08. The Bertz CT molecular complexity index is 846. The second kappa shape index (κ2) is 7.10. The number of aryl methyl sites for hydroxylation is 1.